The summed E-state index contributed by atoms with van der Waals surface area (Å²) in [4.78, 5) is 22.4. The first-order valence-corrected chi connectivity index (χ1v) is 6.20. The zero-order valence-electron chi connectivity index (χ0n) is 10.5. The topological polar surface area (TPSA) is 78.4 Å². The van der Waals surface area contributed by atoms with Crippen LogP contribution in [0.15, 0.2) is 18.2 Å². The molecule has 0 aromatic heterocycles. The molecule has 1 aliphatic carbocycles. The Morgan fingerprint density at radius 1 is 1.15 bits per heavy atom. The number of benzene rings is 1. The number of carbonyl (C=O) groups is 2. The molecule has 0 heterocycles. The van der Waals surface area contributed by atoms with Gasteiger partial charge in [-0.3, -0.25) is 4.79 Å². The lowest BCUT2D eigenvalue weighted by Gasteiger charge is -2.13. The van der Waals surface area contributed by atoms with E-state index >= 15 is 0 Å². The lowest BCUT2D eigenvalue weighted by Crippen LogP contribution is -2.36. The highest BCUT2D eigenvalue weighted by Gasteiger charge is 2.30. The van der Waals surface area contributed by atoms with E-state index in [0.29, 0.717) is 25.3 Å². The van der Waals surface area contributed by atoms with E-state index in [4.69, 9.17) is 5.11 Å². The van der Waals surface area contributed by atoms with Gasteiger partial charge >= 0.3 is 12.0 Å². The van der Waals surface area contributed by atoms with Gasteiger partial charge in [0.1, 0.15) is 11.6 Å². The summed E-state index contributed by atoms with van der Waals surface area (Å²) in [6.45, 7) is 0. The smallest absolute Gasteiger partial charge is 0.319 e. The molecule has 0 unspecified atom stereocenters. The maximum atomic E-state index is 12.9. The van der Waals surface area contributed by atoms with Gasteiger partial charge in [0.2, 0.25) is 0 Å². The lowest BCUT2D eigenvalue weighted by atomic mass is 10.1. The number of carboxylic acids is 1. The summed E-state index contributed by atoms with van der Waals surface area (Å²) in [6, 6.07) is 1.85. The van der Waals surface area contributed by atoms with Gasteiger partial charge in [-0.05, 0) is 31.4 Å². The van der Waals surface area contributed by atoms with Crippen molar-refractivity contribution in [3.8, 4) is 0 Å². The Morgan fingerprint density at radius 2 is 1.80 bits per heavy atom. The standard InChI is InChI=1S/C13H14F2N2O3/c14-8-4-9(15)6-11(5-8)17-13(20)16-10-2-1-7(3-10)12(18)19/h4-7,10H,1-3H2,(H,18,19)(H2,16,17,20)/t7-,10+/m1/s1. The van der Waals surface area contributed by atoms with Crippen molar-refractivity contribution in [3.63, 3.8) is 0 Å². The van der Waals surface area contributed by atoms with E-state index < -0.39 is 29.6 Å². The third-order valence-electron chi connectivity index (χ3n) is 3.24. The lowest BCUT2D eigenvalue weighted by molar-refractivity contribution is -0.141. The fourth-order valence-electron chi connectivity index (χ4n) is 2.32. The van der Waals surface area contributed by atoms with E-state index in [1.807, 2.05) is 0 Å². The quantitative estimate of drug-likeness (QED) is 0.797. The molecule has 0 aliphatic heterocycles. The van der Waals surface area contributed by atoms with Crippen LogP contribution >= 0.6 is 0 Å². The minimum Gasteiger partial charge on any atom is -0.481 e. The van der Waals surface area contributed by atoms with Crippen molar-refractivity contribution in [2.24, 2.45) is 5.92 Å². The van der Waals surface area contributed by atoms with Gasteiger partial charge in [-0.15, -0.1) is 0 Å². The van der Waals surface area contributed by atoms with Crippen LogP contribution in [-0.2, 0) is 4.79 Å². The summed E-state index contributed by atoms with van der Waals surface area (Å²) in [6.07, 6.45) is 1.44. The normalized spacial score (nSPS) is 21.5. The maximum Gasteiger partial charge on any atom is 0.319 e. The molecule has 2 atom stereocenters. The summed E-state index contributed by atoms with van der Waals surface area (Å²) >= 11 is 0. The van der Waals surface area contributed by atoms with Crippen LogP contribution in [0.4, 0.5) is 19.3 Å². The summed E-state index contributed by atoms with van der Waals surface area (Å²) in [5.74, 6) is -2.90. The zero-order chi connectivity index (χ0) is 14.7. The van der Waals surface area contributed by atoms with Crippen molar-refractivity contribution < 1.29 is 23.5 Å². The Morgan fingerprint density at radius 3 is 2.35 bits per heavy atom. The van der Waals surface area contributed by atoms with Crippen LogP contribution in [0.25, 0.3) is 0 Å². The molecule has 0 saturated heterocycles. The fourth-order valence-corrected chi connectivity index (χ4v) is 2.32. The molecule has 108 valence electrons. The minimum atomic E-state index is -0.873. The van der Waals surface area contributed by atoms with E-state index in [0.717, 1.165) is 12.1 Å². The van der Waals surface area contributed by atoms with E-state index in [-0.39, 0.29) is 11.7 Å². The van der Waals surface area contributed by atoms with Crippen molar-refractivity contribution in [1.29, 1.82) is 0 Å². The SMILES string of the molecule is O=C(Nc1cc(F)cc(F)c1)N[C@H]1CC[C@@H](C(=O)O)C1. The minimum absolute atomic E-state index is 0.00721. The molecule has 1 aromatic rings. The molecule has 1 saturated carbocycles. The van der Waals surface area contributed by atoms with Crippen LogP contribution in [-0.4, -0.2) is 23.1 Å². The summed E-state index contributed by atoms with van der Waals surface area (Å²) < 4.78 is 25.9. The second kappa shape index (κ2) is 5.85. The number of rotatable bonds is 3. The number of urea groups is 1. The second-order valence-corrected chi connectivity index (χ2v) is 4.80. The third kappa shape index (κ3) is 3.66. The number of hydrogen-bond acceptors (Lipinski definition) is 2. The number of hydrogen-bond donors (Lipinski definition) is 3. The third-order valence-corrected chi connectivity index (χ3v) is 3.24. The van der Waals surface area contributed by atoms with Gasteiger partial charge in [0.25, 0.3) is 0 Å². The van der Waals surface area contributed by atoms with Crippen LogP contribution in [0, 0.1) is 17.6 Å². The molecule has 2 amide bonds. The number of carbonyl (C=O) groups excluding carboxylic acids is 1. The number of nitrogens with one attached hydrogen (secondary N) is 2. The zero-order valence-corrected chi connectivity index (χ0v) is 10.5. The highest BCUT2D eigenvalue weighted by molar-refractivity contribution is 5.89. The molecule has 7 heteroatoms. The predicted molar refractivity (Wildman–Crippen MR) is 67.3 cm³/mol. The van der Waals surface area contributed by atoms with Gasteiger partial charge in [0, 0.05) is 17.8 Å². The average molecular weight is 284 g/mol. The monoisotopic (exact) mass is 284 g/mol. The largest absolute Gasteiger partial charge is 0.481 e. The van der Waals surface area contributed by atoms with Crippen LogP contribution < -0.4 is 10.6 Å². The Hall–Kier alpha value is -2.18. The molecule has 0 bridgehead atoms. The van der Waals surface area contributed by atoms with Crippen molar-refractivity contribution in [2.75, 3.05) is 5.32 Å². The molecule has 1 fully saturated rings. The Balaban J connectivity index is 1.88. The Bertz CT molecular complexity index is 516. The molecule has 0 spiro atoms. The van der Waals surface area contributed by atoms with Crippen molar-refractivity contribution in [2.45, 2.75) is 25.3 Å². The van der Waals surface area contributed by atoms with Crippen LogP contribution in [0.2, 0.25) is 0 Å². The van der Waals surface area contributed by atoms with Gasteiger partial charge in [-0.1, -0.05) is 0 Å². The van der Waals surface area contributed by atoms with Crippen molar-refractivity contribution in [3.05, 3.63) is 29.8 Å². The van der Waals surface area contributed by atoms with Gasteiger partial charge in [-0.2, -0.15) is 0 Å². The first kappa shape index (κ1) is 14.2. The molecular formula is C13H14F2N2O3. The molecule has 3 N–H and O–H groups in total. The highest BCUT2D eigenvalue weighted by Crippen LogP contribution is 2.25. The van der Waals surface area contributed by atoms with Gasteiger partial charge < -0.3 is 15.7 Å². The molecule has 5 nitrogen and oxygen atoms in total. The van der Waals surface area contributed by atoms with Crippen LogP contribution in [0.1, 0.15) is 19.3 Å². The highest BCUT2D eigenvalue weighted by atomic mass is 19.1. The summed E-state index contributed by atoms with van der Waals surface area (Å²) in [7, 11) is 0. The number of amides is 2. The Labute approximate surface area is 114 Å². The van der Waals surface area contributed by atoms with Crippen LogP contribution in [0.5, 0.6) is 0 Å². The molecule has 2 rings (SSSR count). The predicted octanol–water partition coefficient (Wildman–Crippen LogP) is 2.34. The summed E-state index contributed by atoms with van der Waals surface area (Å²) in [5.41, 5.74) is 0.00721. The number of halogens is 2. The molecular weight excluding hydrogens is 270 g/mol. The van der Waals surface area contributed by atoms with Crippen molar-refractivity contribution in [1.82, 2.24) is 5.32 Å². The van der Waals surface area contributed by atoms with E-state index in [2.05, 4.69) is 10.6 Å². The van der Waals surface area contributed by atoms with E-state index in [9.17, 15) is 18.4 Å². The van der Waals surface area contributed by atoms with Gasteiger partial charge in [0.15, 0.2) is 0 Å². The number of aliphatic carboxylic acids is 1. The second-order valence-electron chi connectivity index (χ2n) is 4.80. The maximum absolute atomic E-state index is 12.9. The van der Waals surface area contributed by atoms with E-state index in [1.165, 1.54) is 0 Å². The van der Waals surface area contributed by atoms with Crippen molar-refractivity contribution >= 4 is 17.7 Å². The number of anilines is 1. The average Bonchev–Trinajstić information content (AvgIpc) is 2.75. The molecule has 20 heavy (non-hydrogen) atoms. The molecule has 1 aromatic carbocycles. The van der Waals surface area contributed by atoms with Gasteiger partial charge in [-0.25, -0.2) is 13.6 Å². The fraction of sp³-hybridized carbons (Fsp3) is 0.385. The van der Waals surface area contributed by atoms with E-state index in [1.54, 1.807) is 0 Å². The van der Waals surface area contributed by atoms with Gasteiger partial charge in [0.05, 0.1) is 5.92 Å². The first-order valence-electron chi connectivity index (χ1n) is 6.20. The first-order chi connectivity index (χ1) is 9.44. The summed E-state index contributed by atoms with van der Waals surface area (Å²) in [5, 5.41) is 13.8. The molecule has 0 radical (unpaired) electrons. The number of carboxylic acid groups (broad SMARTS) is 1. The van der Waals surface area contributed by atoms with Crippen LogP contribution in [0.3, 0.4) is 0 Å². The Kier molecular flexibility index (Phi) is 4.16. The molecule has 1 aliphatic rings.